The standard InChI is InChI=1S/C19H20FN3O3/c20-15-5-3-14(4-6-15)9-10-21-19(24)17-13-16(23(25)26)7-8-18(17)22-11-1-2-12-22/h3-8,13H,1-2,9-12H2,(H,21,24). The molecule has 6 nitrogen and oxygen atoms in total. The van der Waals surface area contributed by atoms with Gasteiger partial charge in [0.25, 0.3) is 11.6 Å². The summed E-state index contributed by atoms with van der Waals surface area (Å²) in [5.41, 5.74) is 1.86. The number of non-ortho nitro benzene ring substituents is 1. The zero-order valence-electron chi connectivity index (χ0n) is 14.3. The number of rotatable bonds is 6. The van der Waals surface area contributed by atoms with Crippen LogP contribution in [0.1, 0.15) is 28.8 Å². The maximum Gasteiger partial charge on any atom is 0.270 e. The van der Waals surface area contributed by atoms with Crippen molar-refractivity contribution in [3.05, 3.63) is 69.5 Å². The highest BCUT2D eigenvalue weighted by Gasteiger charge is 2.22. The van der Waals surface area contributed by atoms with Gasteiger partial charge in [0, 0.05) is 31.8 Å². The van der Waals surface area contributed by atoms with E-state index in [1.54, 1.807) is 18.2 Å². The third kappa shape index (κ3) is 4.17. The lowest BCUT2D eigenvalue weighted by Crippen LogP contribution is -2.29. The Labute approximate surface area is 150 Å². The van der Waals surface area contributed by atoms with Gasteiger partial charge in [0.15, 0.2) is 0 Å². The Kier molecular flexibility index (Phi) is 5.46. The van der Waals surface area contributed by atoms with Gasteiger partial charge in [0.2, 0.25) is 0 Å². The Morgan fingerprint density at radius 3 is 2.50 bits per heavy atom. The number of carbonyl (C=O) groups is 1. The normalized spacial score (nSPS) is 13.7. The van der Waals surface area contributed by atoms with E-state index in [9.17, 15) is 19.3 Å². The number of benzene rings is 2. The maximum atomic E-state index is 12.9. The first-order chi connectivity index (χ1) is 12.5. The number of amides is 1. The number of nitrogens with one attached hydrogen (secondary N) is 1. The summed E-state index contributed by atoms with van der Waals surface area (Å²) in [6.45, 7) is 2.05. The number of anilines is 1. The Bertz CT molecular complexity index is 802. The second kappa shape index (κ2) is 7.95. The summed E-state index contributed by atoms with van der Waals surface area (Å²) in [6, 6.07) is 10.5. The van der Waals surface area contributed by atoms with Gasteiger partial charge < -0.3 is 10.2 Å². The molecule has 1 amide bonds. The van der Waals surface area contributed by atoms with Crippen LogP contribution < -0.4 is 10.2 Å². The van der Waals surface area contributed by atoms with Crippen LogP contribution in [-0.2, 0) is 6.42 Å². The molecule has 0 atom stereocenters. The van der Waals surface area contributed by atoms with Crippen LogP contribution in [0.15, 0.2) is 42.5 Å². The number of halogens is 1. The van der Waals surface area contributed by atoms with Crippen LogP contribution in [-0.4, -0.2) is 30.5 Å². The molecule has 1 heterocycles. The number of hydrogen-bond acceptors (Lipinski definition) is 4. The zero-order valence-corrected chi connectivity index (χ0v) is 14.3. The van der Waals surface area contributed by atoms with Crippen molar-refractivity contribution in [1.82, 2.24) is 5.32 Å². The second-order valence-corrected chi connectivity index (χ2v) is 6.29. The quantitative estimate of drug-likeness (QED) is 0.636. The highest BCUT2D eigenvalue weighted by Crippen LogP contribution is 2.28. The minimum Gasteiger partial charge on any atom is -0.371 e. The molecule has 0 saturated carbocycles. The lowest BCUT2D eigenvalue weighted by molar-refractivity contribution is -0.384. The van der Waals surface area contributed by atoms with Crippen molar-refractivity contribution >= 4 is 17.3 Å². The van der Waals surface area contributed by atoms with E-state index in [0.29, 0.717) is 18.5 Å². The van der Waals surface area contributed by atoms with Gasteiger partial charge in [-0.25, -0.2) is 4.39 Å². The van der Waals surface area contributed by atoms with Crippen molar-refractivity contribution in [2.24, 2.45) is 0 Å². The smallest absolute Gasteiger partial charge is 0.270 e. The van der Waals surface area contributed by atoms with Crippen molar-refractivity contribution in [2.45, 2.75) is 19.3 Å². The van der Waals surface area contributed by atoms with E-state index in [0.717, 1.165) is 37.2 Å². The SMILES string of the molecule is O=C(NCCc1ccc(F)cc1)c1cc([N+](=O)[O-])ccc1N1CCCC1. The van der Waals surface area contributed by atoms with Gasteiger partial charge in [0.05, 0.1) is 16.2 Å². The van der Waals surface area contributed by atoms with Gasteiger partial charge in [0.1, 0.15) is 5.82 Å². The van der Waals surface area contributed by atoms with Crippen molar-refractivity contribution < 1.29 is 14.1 Å². The number of nitrogens with zero attached hydrogens (tertiary/aromatic N) is 2. The fraction of sp³-hybridized carbons (Fsp3) is 0.316. The molecule has 0 radical (unpaired) electrons. The third-order valence-corrected chi connectivity index (χ3v) is 4.49. The zero-order chi connectivity index (χ0) is 18.5. The molecule has 1 aliphatic heterocycles. The predicted molar refractivity (Wildman–Crippen MR) is 97.0 cm³/mol. The summed E-state index contributed by atoms with van der Waals surface area (Å²) in [5.74, 6) is -0.637. The molecule has 0 spiro atoms. The minimum absolute atomic E-state index is 0.100. The molecule has 7 heteroatoms. The average molecular weight is 357 g/mol. The fourth-order valence-electron chi connectivity index (χ4n) is 3.12. The maximum absolute atomic E-state index is 12.9. The summed E-state index contributed by atoms with van der Waals surface area (Å²) in [4.78, 5) is 25.3. The molecule has 1 saturated heterocycles. The number of hydrogen-bond donors (Lipinski definition) is 1. The van der Waals surface area contributed by atoms with Crippen LogP contribution in [0.2, 0.25) is 0 Å². The Morgan fingerprint density at radius 1 is 1.15 bits per heavy atom. The molecule has 0 aliphatic carbocycles. The molecule has 1 fully saturated rings. The summed E-state index contributed by atoms with van der Waals surface area (Å²) in [5, 5.41) is 13.9. The van der Waals surface area contributed by atoms with E-state index in [4.69, 9.17) is 0 Å². The first kappa shape index (κ1) is 17.8. The Morgan fingerprint density at radius 2 is 1.85 bits per heavy atom. The first-order valence-electron chi connectivity index (χ1n) is 8.60. The summed E-state index contributed by atoms with van der Waals surface area (Å²) >= 11 is 0. The Balaban J connectivity index is 1.72. The molecule has 26 heavy (non-hydrogen) atoms. The molecule has 2 aromatic carbocycles. The summed E-state index contributed by atoms with van der Waals surface area (Å²) in [6.07, 6.45) is 2.64. The second-order valence-electron chi connectivity index (χ2n) is 6.29. The Hall–Kier alpha value is -2.96. The molecule has 0 unspecified atom stereocenters. The van der Waals surface area contributed by atoms with E-state index in [2.05, 4.69) is 10.2 Å². The van der Waals surface area contributed by atoms with Crippen LogP contribution in [0, 0.1) is 15.9 Å². The highest BCUT2D eigenvalue weighted by molar-refractivity contribution is 6.00. The molecular formula is C19H20FN3O3. The first-order valence-corrected chi connectivity index (χ1v) is 8.60. The van der Waals surface area contributed by atoms with Crippen molar-refractivity contribution in [2.75, 3.05) is 24.5 Å². The highest BCUT2D eigenvalue weighted by atomic mass is 19.1. The number of nitro groups is 1. The van der Waals surface area contributed by atoms with Crippen LogP contribution in [0.5, 0.6) is 0 Å². The van der Waals surface area contributed by atoms with E-state index in [-0.39, 0.29) is 17.4 Å². The molecule has 0 aromatic heterocycles. The van der Waals surface area contributed by atoms with Crippen LogP contribution in [0.3, 0.4) is 0 Å². The number of nitro benzene ring substituents is 1. The van der Waals surface area contributed by atoms with E-state index < -0.39 is 4.92 Å². The third-order valence-electron chi connectivity index (χ3n) is 4.49. The van der Waals surface area contributed by atoms with E-state index in [1.807, 2.05) is 0 Å². The van der Waals surface area contributed by atoms with Crippen LogP contribution >= 0.6 is 0 Å². The topological polar surface area (TPSA) is 75.5 Å². The molecule has 136 valence electrons. The van der Waals surface area contributed by atoms with Gasteiger partial charge in [-0.1, -0.05) is 12.1 Å². The molecule has 2 aromatic rings. The van der Waals surface area contributed by atoms with E-state index in [1.165, 1.54) is 24.3 Å². The predicted octanol–water partition coefficient (Wildman–Crippen LogP) is 3.31. The van der Waals surface area contributed by atoms with Crippen LogP contribution in [0.25, 0.3) is 0 Å². The molecule has 0 bridgehead atoms. The molecular weight excluding hydrogens is 337 g/mol. The number of carbonyl (C=O) groups excluding carboxylic acids is 1. The van der Waals surface area contributed by atoms with Crippen molar-refractivity contribution in [3.8, 4) is 0 Å². The van der Waals surface area contributed by atoms with Crippen molar-refractivity contribution in [3.63, 3.8) is 0 Å². The van der Waals surface area contributed by atoms with E-state index >= 15 is 0 Å². The van der Waals surface area contributed by atoms with Crippen molar-refractivity contribution in [1.29, 1.82) is 0 Å². The van der Waals surface area contributed by atoms with Crippen LogP contribution in [0.4, 0.5) is 15.8 Å². The molecule has 1 N–H and O–H groups in total. The average Bonchev–Trinajstić information content (AvgIpc) is 3.17. The van der Waals surface area contributed by atoms with Gasteiger partial charge in [-0.3, -0.25) is 14.9 Å². The van der Waals surface area contributed by atoms with Gasteiger partial charge >= 0.3 is 0 Å². The molecule has 1 aliphatic rings. The monoisotopic (exact) mass is 357 g/mol. The lowest BCUT2D eigenvalue weighted by Gasteiger charge is -2.20. The summed E-state index contributed by atoms with van der Waals surface area (Å²) < 4.78 is 12.9. The molecule has 3 rings (SSSR count). The van der Waals surface area contributed by atoms with Gasteiger partial charge in [-0.05, 0) is 43.0 Å². The summed E-state index contributed by atoms with van der Waals surface area (Å²) in [7, 11) is 0. The largest absolute Gasteiger partial charge is 0.371 e. The fourth-order valence-corrected chi connectivity index (χ4v) is 3.12. The lowest BCUT2D eigenvalue weighted by atomic mass is 10.1. The minimum atomic E-state index is -0.497. The van der Waals surface area contributed by atoms with Gasteiger partial charge in [-0.15, -0.1) is 0 Å². The van der Waals surface area contributed by atoms with Gasteiger partial charge in [-0.2, -0.15) is 0 Å².